The maximum atomic E-state index is 5.95. The van der Waals surface area contributed by atoms with E-state index in [1.807, 2.05) is 36.4 Å². The summed E-state index contributed by atoms with van der Waals surface area (Å²) in [5.74, 6) is 0. The predicted molar refractivity (Wildman–Crippen MR) is 64.4 cm³/mol. The average Bonchev–Trinajstić information content (AvgIpc) is 2.53. The molecule has 15 heavy (non-hydrogen) atoms. The van der Waals surface area contributed by atoms with Crippen molar-refractivity contribution in [2.24, 2.45) is 0 Å². The molecule has 0 bridgehead atoms. The maximum absolute atomic E-state index is 5.95. The number of halogens is 2. The summed E-state index contributed by atoms with van der Waals surface area (Å²) in [5.41, 5.74) is 4.79. The Kier molecular flexibility index (Phi) is 2.01. The lowest BCUT2D eigenvalue weighted by Crippen LogP contribution is -1.76. The lowest BCUT2D eigenvalue weighted by Gasteiger charge is -2.00. The molecule has 2 heteroatoms. The normalized spacial score (nSPS) is 12.4. The Morgan fingerprint density at radius 3 is 1.60 bits per heavy atom. The van der Waals surface area contributed by atoms with E-state index in [4.69, 9.17) is 23.2 Å². The number of hydrogen-bond acceptors (Lipinski definition) is 0. The van der Waals surface area contributed by atoms with Gasteiger partial charge in [0, 0.05) is 16.5 Å². The van der Waals surface area contributed by atoms with Crippen molar-refractivity contribution in [2.75, 3.05) is 0 Å². The van der Waals surface area contributed by atoms with Crippen molar-refractivity contribution >= 4 is 23.2 Å². The number of fused-ring (bicyclic) bond motifs is 3. The smallest absolute Gasteiger partial charge is 0.0409 e. The molecular weight excluding hydrogens is 227 g/mol. The topological polar surface area (TPSA) is 0 Å². The summed E-state index contributed by atoms with van der Waals surface area (Å²) < 4.78 is 0. The molecule has 0 aliphatic heterocycles. The highest BCUT2D eigenvalue weighted by atomic mass is 35.5. The molecule has 0 atom stereocenters. The summed E-state index contributed by atoms with van der Waals surface area (Å²) in [6.07, 6.45) is 2.11. The van der Waals surface area contributed by atoms with Crippen LogP contribution in [0.3, 0.4) is 0 Å². The number of rotatable bonds is 0. The van der Waals surface area contributed by atoms with Crippen molar-refractivity contribution in [1.82, 2.24) is 0 Å². The van der Waals surface area contributed by atoms with Crippen LogP contribution >= 0.6 is 23.2 Å². The van der Waals surface area contributed by atoms with Crippen molar-refractivity contribution in [3.05, 3.63) is 64.0 Å². The first-order chi connectivity index (χ1) is 7.24. The summed E-state index contributed by atoms with van der Waals surface area (Å²) in [4.78, 5) is 0. The van der Waals surface area contributed by atoms with Gasteiger partial charge in [0.2, 0.25) is 0 Å². The number of benzene rings is 2. The Bertz CT molecular complexity index is 495. The Hall–Kier alpha value is -0.980. The van der Waals surface area contributed by atoms with Gasteiger partial charge in [-0.1, -0.05) is 35.3 Å². The Labute approximate surface area is 98.5 Å². The van der Waals surface area contributed by atoms with E-state index in [1.54, 1.807) is 0 Å². The molecule has 0 saturated carbocycles. The Morgan fingerprint density at radius 2 is 1.13 bits per heavy atom. The number of hydrogen-bond donors (Lipinski definition) is 0. The fourth-order valence-electron chi connectivity index (χ4n) is 1.96. The molecule has 0 unspecified atom stereocenters. The van der Waals surface area contributed by atoms with Crippen LogP contribution in [0.25, 0.3) is 11.1 Å². The minimum absolute atomic E-state index is 0.768. The van der Waals surface area contributed by atoms with Crippen LogP contribution in [-0.4, -0.2) is 0 Å². The Balaban J connectivity index is 2.24. The van der Waals surface area contributed by atoms with Crippen LogP contribution in [0.1, 0.15) is 11.1 Å². The van der Waals surface area contributed by atoms with Crippen molar-refractivity contribution in [1.29, 1.82) is 0 Å². The van der Waals surface area contributed by atoms with Gasteiger partial charge in [-0.15, -0.1) is 0 Å². The molecule has 2 aromatic rings. The monoisotopic (exact) mass is 233 g/mol. The van der Waals surface area contributed by atoms with Crippen LogP contribution in [0, 0.1) is 6.42 Å². The van der Waals surface area contributed by atoms with E-state index >= 15 is 0 Å². The largest absolute Gasteiger partial charge is 0.0843 e. The Morgan fingerprint density at radius 1 is 0.667 bits per heavy atom. The maximum Gasteiger partial charge on any atom is 0.0409 e. The van der Waals surface area contributed by atoms with Gasteiger partial charge in [0.15, 0.2) is 0 Å². The molecule has 0 spiro atoms. The van der Waals surface area contributed by atoms with Gasteiger partial charge in [-0.25, -0.2) is 0 Å². The van der Waals surface area contributed by atoms with Crippen LogP contribution in [0.5, 0.6) is 0 Å². The molecule has 3 rings (SSSR count). The van der Waals surface area contributed by atoms with E-state index in [0.717, 1.165) is 10.0 Å². The third-order valence-corrected chi connectivity index (χ3v) is 3.10. The first kappa shape index (κ1) is 9.26. The summed E-state index contributed by atoms with van der Waals surface area (Å²) >= 11 is 11.9. The molecular formula is C13H7Cl2. The fraction of sp³-hybridized carbons (Fsp3) is 0. The van der Waals surface area contributed by atoms with Crippen molar-refractivity contribution in [3.8, 4) is 11.1 Å². The van der Waals surface area contributed by atoms with Gasteiger partial charge in [0.1, 0.15) is 0 Å². The van der Waals surface area contributed by atoms with Gasteiger partial charge in [-0.2, -0.15) is 0 Å². The summed E-state index contributed by atoms with van der Waals surface area (Å²) in [7, 11) is 0. The zero-order chi connectivity index (χ0) is 10.4. The lowest BCUT2D eigenvalue weighted by atomic mass is 10.1. The van der Waals surface area contributed by atoms with Crippen molar-refractivity contribution in [3.63, 3.8) is 0 Å². The summed E-state index contributed by atoms with van der Waals surface area (Å²) in [6, 6.07) is 11.9. The second-order valence-corrected chi connectivity index (χ2v) is 4.48. The van der Waals surface area contributed by atoms with E-state index < -0.39 is 0 Å². The van der Waals surface area contributed by atoms with Crippen molar-refractivity contribution in [2.45, 2.75) is 0 Å². The second kappa shape index (κ2) is 3.26. The van der Waals surface area contributed by atoms with Gasteiger partial charge in [0.25, 0.3) is 0 Å². The third kappa shape index (κ3) is 1.45. The lowest BCUT2D eigenvalue weighted by molar-refractivity contribution is 1.54. The minimum atomic E-state index is 0.768. The highest BCUT2D eigenvalue weighted by molar-refractivity contribution is 6.31. The van der Waals surface area contributed by atoms with E-state index in [2.05, 4.69) is 6.42 Å². The molecule has 0 amide bonds. The molecule has 1 aliphatic carbocycles. The van der Waals surface area contributed by atoms with Crippen LogP contribution in [0.15, 0.2) is 36.4 Å². The molecule has 0 nitrogen and oxygen atoms in total. The highest BCUT2D eigenvalue weighted by Gasteiger charge is 2.18. The molecule has 1 radical (unpaired) electrons. The van der Waals surface area contributed by atoms with Gasteiger partial charge in [0.05, 0.1) is 0 Å². The second-order valence-electron chi connectivity index (χ2n) is 3.61. The van der Waals surface area contributed by atoms with E-state index in [0.29, 0.717) is 0 Å². The van der Waals surface area contributed by atoms with Gasteiger partial charge in [-0.3, -0.25) is 0 Å². The highest BCUT2D eigenvalue weighted by Crippen LogP contribution is 2.39. The zero-order valence-corrected chi connectivity index (χ0v) is 9.31. The summed E-state index contributed by atoms with van der Waals surface area (Å²) in [5, 5.41) is 1.54. The zero-order valence-electron chi connectivity index (χ0n) is 7.80. The van der Waals surface area contributed by atoms with E-state index in [9.17, 15) is 0 Å². The molecule has 0 aromatic heterocycles. The van der Waals surface area contributed by atoms with Crippen molar-refractivity contribution < 1.29 is 0 Å². The van der Waals surface area contributed by atoms with Crippen LogP contribution < -0.4 is 0 Å². The molecule has 1 aliphatic rings. The van der Waals surface area contributed by atoms with E-state index in [1.165, 1.54) is 22.3 Å². The van der Waals surface area contributed by atoms with Crippen LogP contribution in [0.4, 0.5) is 0 Å². The van der Waals surface area contributed by atoms with Crippen LogP contribution in [0.2, 0.25) is 10.0 Å². The molecule has 2 aromatic carbocycles. The third-order valence-electron chi connectivity index (χ3n) is 2.63. The molecule has 0 heterocycles. The SMILES string of the molecule is Clc1ccc2c(c1)[CH]c1cc(Cl)ccc1-2. The van der Waals surface area contributed by atoms with Gasteiger partial charge < -0.3 is 0 Å². The molecule has 0 N–H and O–H groups in total. The van der Waals surface area contributed by atoms with Gasteiger partial charge in [-0.05, 0) is 46.5 Å². The minimum Gasteiger partial charge on any atom is -0.0843 e. The standard InChI is InChI=1S/C13H7Cl2/c14-10-1-3-12-8(6-10)5-9-7-11(15)2-4-13(9)12/h1-7H. The quantitative estimate of drug-likeness (QED) is 0.534. The predicted octanol–water partition coefficient (Wildman–Crippen LogP) is 4.57. The fourth-order valence-corrected chi connectivity index (χ4v) is 2.33. The summed E-state index contributed by atoms with van der Waals surface area (Å²) in [6.45, 7) is 0. The van der Waals surface area contributed by atoms with Crippen LogP contribution in [-0.2, 0) is 0 Å². The average molecular weight is 234 g/mol. The first-order valence-electron chi connectivity index (χ1n) is 4.68. The first-order valence-corrected chi connectivity index (χ1v) is 5.44. The van der Waals surface area contributed by atoms with Gasteiger partial charge >= 0.3 is 0 Å². The van der Waals surface area contributed by atoms with E-state index in [-0.39, 0.29) is 0 Å². The molecule has 0 fully saturated rings. The molecule has 73 valence electrons. The molecule has 0 saturated heterocycles.